The summed E-state index contributed by atoms with van der Waals surface area (Å²) in [6.07, 6.45) is 3.97. The Bertz CT molecular complexity index is 494. The number of hydrogen-bond donors (Lipinski definition) is 0. The van der Waals surface area contributed by atoms with E-state index in [2.05, 4.69) is 36.7 Å². The molecular weight excluding hydrogens is 332 g/mol. The third-order valence-electron chi connectivity index (χ3n) is 5.45. The molecule has 0 saturated heterocycles. The SMILES string of the molecule is COC(=O)C1(CBr)CCC2=C(C(C)C)CC[C@@]2(C)CC1=O. The van der Waals surface area contributed by atoms with Crippen molar-refractivity contribution in [2.45, 2.75) is 52.9 Å². The molecule has 1 saturated carbocycles. The number of fused-ring (bicyclic) bond motifs is 1. The molecule has 2 atom stereocenters. The summed E-state index contributed by atoms with van der Waals surface area (Å²) in [5.41, 5.74) is 1.87. The monoisotopic (exact) mass is 356 g/mol. The lowest BCUT2D eigenvalue weighted by atomic mass is 9.76. The van der Waals surface area contributed by atoms with Crippen LogP contribution in [0.2, 0.25) is 0 Å². The number of methoxy groups -OCH3 is 1. The molecule has 2 rings (SSSR count). The van der Waals surface area contributed by atoms with Crippen molar-refractivity contribution in [3.63, 3.8) is 0 Å². The average Bonchev–Trinajstić information content (AvgIpc) is 2.71. The third-order valence-corrected chi connectivity index (χ3v) is 6.41. The van der Waals surface area contributed by atoms with E-state index in [1.165, 1.54) is 18.3 Å². The van der Waals surface area contributed by atoms with Gasteiger partial charge in [-0.1, -0.05) is 47.8 Å². The number of ether oxygens (including phenoxy) is 1. The highest BCUT2D eigenvalue weighted by Gasteiger charge is 2.52. The quantitative estimate of drug-likeness (QED) is 0.331. The number of alkyl halides is 1. The lowest BCUT2D eigenvalue weighted by molar-refractivity contribution is -0.156. The Morgan fingerprint density at radius 3 is 2.52 bits per heavy atom. The summed E-state index contributed by atoms with van der Waals surface area (Å²) in [4.78, 5) is 25.1. The van der Waals surface area contributed by atoms with E-state index in [-0.39, 0.29) is 17.2 Å². The number of carbonyl (C=O) groups is 2. The van der Waals surface area contributed by atoms with Crippen molar-refractivity contribution < 1.29 is 14.3 Å². The van der Waals surface area contributed by atoms with Gasteiger partial charge in [0.1, 0.15) is 5.41 Å². The molecule has 0 aromatic heterocycles. The Morgan fingerprint density at radius 1 is 1.33 bits per heavy atom. The molecule has 0 bridgehead atoms. The van der Waals surface area contributed by atoms with E-state index in [0.29, 0.717) is 24.1 Å². The van der Waals surface area contributed by atoms with Crippen molar-refractivity contribution in [1.29, 1.82) is 0 Å². The lowest BCUT2D eigenvalue weighted by Gasteiger charge is -2.28. The van der Waals surface area contributed by atoms with Crippen LogP contribution in [0.15, 0.2) is 11.1 Å². The number of allylic oxidation sites excluding steroid dienone is 2. The van der Waals surface area contributed by atoms with Crippen molar-refractivity contribution >= 4 is 27.7 Å². The van der Waals surface area contributed by atoms with Crippen LogP contribution in [0.25, 0.3) is 0 Å². The largest absolute Gasteiger partial charge is 0.468 e. The van der Waals surface area contributed by atoms with Gasteiger partial charge in [0.2, 0.25) is 0 Å². The molecule has 0 N–H and O–H groups in total. The van der Waals surface area contributed by atoms with Crippen LogP contribution in [0.4, 0.5) is 0 Å². The van der Waals surface area contributed by atoms with Crippen molar-refractivity contribution in [1.82, 2.24) is 0 Å². The van der Waals surface area contributed by atoms with E-state index in [1.54, 1.807) is 0 Å². The molecule has 21 heavy (non-hydrogen) atoms. The van der Waals surface area contributed by atoms with Gasteiger partial charge in [0.15, 0.2) is 5.78 Å². The van der Waals surface area contributed by atoms with E-state index < -0.39 is 5.41 Å². The molecule has 3 nitrogen and oxygen atoms in total. The van der Waals surface area contributed by atoms with Gasteiger partial charge in [-0.15, -0.1) is 0 Å². The summed E-state index contributed by atoms with van der Waals surface area (Å²) in [5, 5.41) is 0.353. The van der Waals surface area contributed by atoms with Crippen molar-refractivity contribution in [3.05, 3.63) is 11.1 Å². The normalized spacial score (nSPS) is 33.1. The number of Topliss-reactive ketones (excluding diaryl/α,β-unsaturated/α-hetero) is 1. The lowest BCUT2D eigenvalue weighted by Crippen LogP contribution is -2.42. The summed E-state index contributed by atoms with van der Waals surface area (Å²) in [5.74, 6) is 0.167. The molecular formula is C17H25BrO3. The molecule has 0 spiro atoms. The summed E-state index contributed by atoms with van der Waals surface area (Å²) in [6.45, 7) is 6.63. The maximum Gasteiger partial charge on any atom is 0.320 e. The maximum atomic E-state index is 12.8. The second kappa shape index (κ2) is 5.86. The number of hydrogen-bond acceptors (Lipinski definition) is 3. The van der Waals surface area contributed by atoms with E-state index >= 15 is 0 Å². The first-order valence-corrected chi connectivity index (χ1v) is 8.83. The van der Waals surface area contributed by atoms with Crippen LogP contribution >= 0.6 is 15.9 Å². The highest BCUT2D eigenvalue weighted by Crippen LogP contribution is 2.54. The summed E-state index contributed by atoms with van der Waals surface area (Å²) >= 11 is 3.39. The summed E-state index contributed by atoms with van der Waals surface area (Å²) in [7, 11) is 1.37. The minimum atomic E-state index is -1.00. The first-order valence-electron chi connectivity index (χ1n) is 7.71. The Hall–Kier alpha value is -0.640. The van der Waals surface area contributed by atoms with Crippen molar-refractivity contribution in [2.24, 2.45) is 16.7 Å². The number of esters is 1. The molecule has 0 heterocycles. The molecule has 118 valence electrons. The predicted molar refractivity (Wildman–Crippen MR) is 86.3 cm³/mol. The molecule has 0 aromatic carbocycles. The molecule has 0 aliphatic heterocycles. The molecule has 1 unspecified atom stereocenters. The fourth-order valence-electron chi connectivity index (χ4n) is 4.00. The van der Waals surface area contributed by atoms with Gasteiger partial charge in [-0.25, -0.2) is 0 Å². The van der Waals surface area contributed by atoms with Gasteiger partial charge in [0.25, 0.3) is 0 Å². The van der Waals surface area contributed by atoms with Crippen LogP contribution < -0.4 is 0 Å². The standard InChI is InChI=1S/C17H25BrO3/c1-11(2)12-5-7-16(3)9-14(19)17(10-18,15(20)21-4)8-6-13(12)16/h11H,5-10H2,1-4H3/t16-,17?/m0/s1. The average molecular weight is 357 g/mol. The predicted octanol–water partition coefficient (Wildman–Crippen LogP) is 4.05. The fourth-order valence-corrected chi connectivity index (χ4v) is 4.83. The van der Waals surface area contributed by atoms with Crippen molar-refractivity contribution in [3.8, 4) is 0 Å². The second-order valence-corrected chi connectivity index (χ2v) is 7.59. The molecule has 0 aromatic rings. The zero-order valence-electron chi connectivity index (χ0n) is 13.4. The molecule has 0 amide bonds. The van der Waals surface area contributed by atoms with E-state index in [9.17, 15) is 9.59 Å². The van der Waals surface area contributed by atoms with Gasteiger partial charge in [-0.05, 0) is 37.0 Å². The molecule has 4 heteroatoms. The van der Waals surface area contributed by atoms with Gasteiger partial charge in [0, 0.05) is 11.8 Å². The zero-order chi connectivity index (χ0) is 15.8. The summed E-state index contributed by atoms with van der Waals surface area (Å²) in [6, 6.07) is 0. The van der Waals surface area contributed by atoms with Crippen LogP contribution in [0.3, 0.4) is 0 Å². The van der Waals surface area contributed by atoms with Gasteiger partial charge >= 0.3 is 5.97 Å². The highest BCUT2D eigenvalue weighted by molar-refractivity contribution is 9.09. The van der Waals surface area contributed by atoms with E-state index in [4.69, 9.17) is 4.74 Å². The molecule has 1 fully saturated rings. The maximum absolute atomic E-state index is 12.8. The Labute approximate surface area is 135 Å². The zero-order valence-corrected chi connectivity index (χ0v) is 15.0. The molecule has 0 radical (unpaired) electrons. The molecule has 2 aliphatic carbocycles. The van der Waals surface area contributed by atoms with Crippen molar-refractivity contribution in [2.75, 3.05) is 12.4 Å². The molecule has 2 aliphatic rings. The second-order valence-electron chi connectivity index (χ2n) is 7.03. The number of ketones is 1. The smallest absolute Gasteiger partial charge is 0.320 e. The Kier molecular flexibility index (Phi) is 4.67. The first kappa shape index (κ1) is 16.7. The first-order chi connectivity index (χ1) is 9.80. The minimum absolute atomic E-state index is 0.0359. The number of halogens is 1. The van der Waals surface area contributed by atoms with Crippen LogP contribution in [-0.4, -0.2) is 24.2 Å². The Morgan fingerprint density at radius 2 is 2.00 bits per heavy atom. The minimum Gasteiger partial charge on any atom is -0.468 e. The van der Waals surface area contributed by atoms with Crippen LogP contribution in [0, 0.1) is 16.7 Å². The van der Waals surface area contributed by atoms with Gasteiger partial charge in [0.05, 0.1) is 7.11 Å². The van der Waals surface area contributed by atoms with Gasteiger partial charge in [-0.2, -0.15) is 0 Å². The van der Waals surface area contributed by atoms with Crippen LogP contribution in [0.1, 0.15) is 52.9 Å². The number of carbonyl (C=O) groups excluding carboxylic acids is 2. The topological polar surface area (TPSA) is 43.4 Å². The third kappa shape index (κ3) is 2.60. The van der Waals surface area contributed by atoms with Gasteiger partial charge < -0.3 is 4.74 Å². The van der Waals surface area contributed by atoms with E-state index in [1.807, 2.05) is 0 Å². The highest BCUT2D eigenvalue weighted by atomic mass is 79.9. The number of rotatable bonds is 3. The summed E-state index contributed by atoms with van der Waals surface area (Å²) < 4.78 is 4.93. The fraction of sp³-hybridized carbons (Fsp3) is 0.765. The van der Waals surface area contributed by atoms with E-state index in [0.717, 1.165) is 19.3 Å². The van der Waals surface area contributed by atoms with Gasteiger partial charge in [-0.3, -0.25) is 9.59 Å². The van der Waals surface area contributed by atoms with Crippen LogP contribution in [0.5, 0.6) is 0 Å². The Balaban J connectivity index is 2.44. The van der Waals surface area contributed by atoms with Crippen LogP contribution in [-0.2, 0) is 14.3 Å².